The van der Waals surface area contributed by atoms with Crippen LogP contribution >= 0.6 is 24.4 Å². The molecule has 0 bridgehead atoms. The Hall–Kier alpha value is -2.15. The van der Waals surface area contributed by atoms with Crippen molar-refractivity contribution in [2.75, 3.05) is 29.6 Å². The average Bonchev–Trinajstić information content (AvgIpc) is 2.75. The highest BCUT2D eigenvalue weighted by molar-refractivity contribution is 7.91. The number of carbonyl (C=O) groups is 2. The zero-order chi connectivity index (χ0) is 23.9. The Labute approximate surface area is 202 Å². The standard InChI is InChI=1S/C20H30N4O5S3/c1-4-7-12-32(27)14-8-9-15(21-17(30)23-19(25)28-10-5-2)16(13-14)22-18(31)24-20(26)29-11-6-3/h8-9,13H,4-7,10-12H2,1-3H3,(H2,21,23,25,30)(H2,22,24,26,31). The fourth-order valence-electron chi connectivity index (χ4n) is 2.22. The van der Waals surface area contributed by atoms with Gasteiger partial charge < -0.3 is 24.7 Å². The Morgan fingerprint density at radius 2 is 1.44 bits per heavy atom. The first kappa shape index (κ1) is 27.9. The second-order valence-corrected chi connectivity index (χ2v) is 8.93. The molecule has 178 valence electrons. The van der Waals surface area contributed by atoms with E-state index >= 15 is 0 Å². The van der Waals surface area contributed by atoms with Gasteiger partial charge in [-0.2, -0.15) is 0 Å². The summed E-state index contributed by atoms with van der Waals surface area (Å²) in [4.78, 5) is 24.1. The monoisotopic (exact) mass is 502 g/mol. The van der Waals surface area contributed by atoms with Crippen molar-refractivity contribution >= 4 is 69.4 Å². The van der Waals surface area contributed by atoms with Crippen molar-refractivity contribution in [2.45, 2.75) is 51.3 Å². The van der Waals surface area contributed by atoms with E-state index in [1.807, 2.05) is 20.8 Å². The molecule has 0 spiro atoms. The third-order valence-corrected chi connectivity index (χ3v) is 5.59. The number of anilines is 2. The first-order valence-corrected chi connectivity index (χ1v) is 12.5. The lowest BCUT2D eigenvalue weighted by molar-refractivity contribution is 0.151. The lowest BCUT2D eigenvalue weighted by atomic mass is 10.2. The molecule has 0 radical (unpaired) electrons. The van der Waals surface area contributed by atoms with E-state index < -0.39 is 23.4 Å². The van der Waals surface area contributed by atoms with Gasteiger partial charge in [-0.15, -0.1) is 0 Å². The van der Waals surface area contributed by atoms with Gasteiger partial charge in [0.05, 0.1) is 24.6 Å². The van der Waals surface area contributed by atoms with Gasteiger partial charge in [-0.25, -0.2) is 9.59 Å². The average molecular weight is 503 g/mol. The lowest BCUT2D eigenvalue weighted by Crippen LogP contribution is -2.36. The Morgan fingerprint density at radius 1 is 0.906 bits per heavy atom. The highest BCUT2D eigenvalue weighted by Gasteiger charge is 2.16. The van der Waals surface area contributed by atoms with Crippen LogP contribution in [0.25, 0.3) is 0 Å². The minimum absolute atomic E-state index is 0.00752. The largest absolute Gasteiger partial charge is 0.611 e. The van der Waals surface area contributed by atoms with E-state index in [1.165, 1.54) is 0 Å². The van der Waals surface area contributed by atoms with E-state index in [1.54, 1.807) is 18.2 Å². The van der Waals surface area contributed by atoms with E-state index in [-0.39, 0.29) is 23.4 Å². The number of rotatable bonds is 10. The van der Waals surface area contributed by atoms with Crippen LogP contribution in [0.1, 0.15) is 46.5 Å². The van der Waals surface area contributed by atoms with Crippen molar-refractivity contribution in [3.8, 4) is 0 Å². The molecule has 1 rings (SSSR count). The van der Waals surface area contributed by atoms with E-state index in [4.69, 9.17) is 33.9 Å². The van der Waals surface area contributed by atoms with Gasteiger partial charge in [0.25, 0.3) is 0 Å². The number of unbranched alkanes of at least 4 members (excludes halogenated alkanes) is 1. The highest BCUT2D eigenvalue weighted by Crippen LogP contribution is 2.27. The van der Waals surface area contributed by atoms with E-state index in [9.17, 15) is 14.1 Å². The van der Waals surface area contributed by atoms with Gasteiger partial charge in [-0.3, -0.25) is 10.6 Å². The van der Waals surface area contributed by atoms with E-state index in [0.717, 1.165) is 12.8 Å². The molecular weight excluding hydrogens is 472 g/mol. The first-order valence-electron chi connectivity index (χ1n) is 10.3. The zero-order valence-corrected chi connectivity index (χ0v) is 20.9. The maximum absolute atomic E-state index is 12.6. The molecule has 2 amide bonds. The molecule has 1 aromatic carbocycles. The SMILES string of the molecule is CCCC[S+]([O-])c1ccc(NC(=S)NC(=O)OCCC)c(NC(=S)NC(=O)OCCC)c1. The van der Waals surface area contributed by atoms with Crippen LogP contribution in [0.15, 0.2) is 23.1 Å². The predicted molar refractivity (Wildman–Crippen MR) is 135 cm³/mol. The van der Waals surface area contributed by atoms with Gasteiger partial charge in [0, 0.05) is 6.07 Å². The van der Waals surface area contributed by atoms with Crippen molar-refractivity contribution in [1.29, 1.82) is 0 Å². The maximum Gasteiger partial charge on any atom is 0.413 e. The summed E-state index contributed by atoms with van der Waals surface area (Å²) in [5, 5.41) is 10.6. The van der Waals surface area contributed by atoms with Crippen LogP contribution in [-0.2, 0) is 20.6 Å². The molecule has 9 nitrogen and oxygen atoms in total. The summed E-state index contributed by atoms with van der Waals surface area (Å²) in [6.45, 7) is 6.32. The van der Waals surface area contributed by atoms with Crippen LogP contribution in [-0.4, -0.2) is 45.9 Å². The van der Waals surface area contributed by atoms with Gasteiger partial charge in [0.1, 0.15) is 5.75 Å². The van der Waals surface area contributed by atoms with Crippen molar-refractivity contribution < 1.29 is 23.6 Å². The molecule has 4 N–H and O–H groups in total. The Kier molecular flexibility index (Phi) is 13.6. The first-order chi connectivity index (χ1) is 15.3. The number of amides is 2. The minimum Gasteiger partial charge on any atom is -0.611 e. The minimum atomic E-state index is -1.20. The van der Waals surface area contributed by atoms with Crippen LogP contribution in [0.2, 0.25) is 0 Å². The molecule has 1 unspecified atom stereocenters. The van der Waals surface area contributed by atoms with Gasteiger partial charge in [0.2, 0.25) is 0 Å². The molecule has 0 saturated carbocycles. The molecule has 32 heavy (non-hydrogen) atoms. The van der Waals surface area contributed by atoms with E-state index in [0.29, 0.717) is 34.9 Å². The van der Waals surface area contributed by atoms with Crippen LogP contribution in [0.5, 0.6) is 0 Å². The summed E-state index contributed by atoms with van der Waals surface area (Å²) in [7, 11) is 0. The van der Waals surface area contributed by atoms with Crippen molar-refractivity contribution in [3.05, 3.63) is 18.2 Å². The lowest BCUT2D eigenvalue weighted by Gasteiger charge is -2.18. The molecule has 0 aliphatic rings. The summed E-state index contributed by atoms with van der Waals surface area (Å²) in [5.74, 6) is 0.526. The van der Waals surface area contributed by atoms with Gasteiger partial charge in [-0.1, -0.05) is 27.2 Å². The van der Waals surface area contributed by atoms with Crippen LogP contribution < -0.4 is 21.3 Å². The predicted octanol–water partition coefficient (Wildman–Crippen LogP) is 4.26. The van der Waals surface area contributed by atoms with Crippen molar-refractivity contribution in [3.63, 3.8) is 0 Å². The molecule has 0 aliphatic heterocycles. The number of carbonyl (C=O) groups excluding carboxylic acids is 2. The number of nitrogens with one attached hydrogen (secondary N) is 4. The second-order valence-electron chi connectivity index (χ2n) is 6.54. The third-order valence-electron chi connectivity index (χ3n) is 3.74. The molecule has 12 heteroatoms. The van der Waals surface area contributed by atoms with Gasteiger partial charge >= 0.3 is 12.2 Å². The smallest absolute Gasteiger partial charge is 0.413 e. The number of benzene rings is 1. The zero-order valence-electron chi connectivity index (χ0n) is 18.4. The van der Waals surface area contributed by atoms with Crippen molar-refractivity contribution in [2.24, 2.45) is 0 Å². The number of ether oxygens (including phenoxy) is 2. The molecule has 1 aromatic rings. The number of hydrogen-bond acceptors (Lipinski definition) is 7. The molecule has 0 aromatic heterocycles. The van der Waals surface area contributed by atoms with Gasteiger partial charge in [-0.05, 0) is 67.0 Å². The Morgan fingerprint density at radius 3 is 1.94 bits per heavy atom. The summed E-state index contributed by atoms with van der Waals surface area (Å²) in [6.07, 6.45) is 1.76. The summed E-state index contributed by atoms with van der Waals surface area (Å²) in [6, 6.07) is 5.01. The molecular formula is C20H30N4O5S3. The van der Waals surface area contributed by atoms with Crippen molar-refractivity contribution in [1.82, 2.24) is 10.6 Å². The topological polar surface area (TPSA) is 124 Å². The molecule has 0 fully saturated rings. The quantitative estimate of drug-likeness (QED) is 0.274. The molecule has 1 atom stereocenters. The summed E-state index contributed by atoms with van der Waals surface area (Å²) in [5.41, 5.74) is 0.868. The van der Waals surface area contributed by atoms with E-state index in [2.05, 4.69) is 21.3 Å². The summed E-state index contributed by atoms with van der Waals surface area (Å²) < 4.78 is 22.5. The molecule has 0 aliphatic carbocycles. The number of thiocarbonyl (C=S) groups is 2. The fourth-order valence-corrected chi connectivity index (χ4v) is 3.87. The van der Waals surface area contributed by atoms with Crippen LogP contribution in [0, 0.1) is 0 Å². The Balaban J connectivity index is 2.96. The fraction of sp³-hybridized carbons (Fsp3) is 0.500. The summed E-state index contributed by atoms with van der Waals surface area (Å²) >= 11 is 9.14. The maximum atomic E-state index is 12.6. The molecule has 0 heterocycles. The van der Waals surface area contributed by atoms with Crippen LogP contribution in [0.3, 0.4) is 0 Å². The Bertz CT molecular complexity index is 794. The highest BCUT2D eigenvalue weighted by atomic mass is 32.2. The second kappa shape index (κ2) is 15.6. The van der Waals surface area contributed by atoms with Gasteiger partial charge in [0.15, 0.2) is 15.1 Å². The normalized spacial score (nSPS) is 11.1. The third kappa shape index (κ3) is 10.9. The molecule has 0 saturated heterocycles. The number of hydrogen-bond donors (Lipinski definition) is 4. The number of alkyl carbamates (subject to hydrolysis) is 2. The van der Waals surface area contributed by atoms with Crippen LogP contribution in [0.4, 0.5) is 21.0 Å².